The molecule has 0 aromatic heterocycles. The van der Waals surface area contributed by atoms with Gasteiger partial charge in [0.2, 0.25) is 21.8 Å². The van der Waals surface area contributed by atoms with E-state index in [1.54, 1.807) is 35.8 Å². The van der Waals surface area contributed by atoms with E-state index in [2.05, 4.69) is 4.72 Å². The fourth-order valence-electron chi connectivity index (χ4n) is 4.08. The van der Waals surface area contributed by atoms with Crippen LogP contribution in [0, 0.1) is 11.8 Å². The third kappa shape index (κ3) is 5.79. The molecule has 2 saturated heterocycles. The van der Waals surface area contributed by atoms with Gasteiger partial charge in [0.15, 0.2) is 0 Å². The lowest BCUT2D eigenvalue weighted by molar-refractivity contribution is -0.144. The lowest BCUT2D eigenvalue weighted by Crippen LogP contribution is -2.55. The summed E-state index contributed by atoms with van der Waals surface area (Å²) >= 11 is 0. The maximum Gasteiger partial charge on any atom is 0.241 e. The predicted molar refractivity (Wildman–Crippen MR) is 119 cm³/mol. The molecule has 0 saturated carbocycles. The highest BCUT2D eigenvalue weighted by Gasteiger charge is 2.36. The molecule has 1 unspecified atom stereocenters. The number of rotatable bonds is 7. The Hall–Kier alpha value is -2.17. The molecule has 32 heavy (non-hydrogen) atoms. The summed E-state index contributed by atoms with van der Waals surface area (Å²) in [6.07, 6.45) is 1.44. The number of sulfonamides is 1. The average molecular weight is 468 g/mol. The van der Waals surface area contributed by atoms with E-state index in [9.17, 15) is 18.0 Å². The van der Waals surface area contributed by atoms with Crippen LogP contribution in [0.4, 0.5) is 0 Å². The van der Waals surface area contributed by atoms with E-state index in [4.69, 9.17) is 9.47 Å². The summed E-state index contributed by atoms with van der Waals surface area (Å²) in [7, 11) is -2.40. The summed E-state index contributed by atoms with van der Waals surface area (Å²) in [5.41, 5.74) is 0. The molecule has 2 fully saturated rings. The topological polar surface area (TPSA) is 105 Å². The van der Waals surface area contributed by atoms with Crippen molar-refractivity contribution in [2.75, 3.05) is 46.5 Å². The van der Waals surface area contributed by atoms with E-state index in [0.29, 0.717) is 51.6 Å². The van der Waals surface area contributed by atoms with Crippen LogP contribution in [-0.2, 0) is 24.3 Å². The first-order valence-corrected chi connectivity index (χ1v) is 12.5. The van der Waals surface area contributed by atoms with E-state index in [-0.39, 0.29) is 28.5 Å². The zero-order chi connectivity index (χ0) is 23.3. The highest BCUT2D eigenvalue weighted by atomic mass is 32.2. The molecular formula is C22H33N3O6S. The monoisotopic (exact) mass is 467 g/mol. The Bertz CT molecular complexity index is 897. The van der Waals surface area contributed by atoms with Crippen LogP contribution in [0.5, 0.6) is 5.75 Å². The van der Waals surface area contributed by atoms with Crippen LogP contribution in [-0.4, -0.2) is 82.6 Å². The van der Waals surface area contributed by atoms with E-state index in [0.717, 1.165) is 6.42 Å². The molecule has 2 amide bonds. The number of hydrogen-bond donors (Lipinski definition) is 1. The fraction of sp³-hybridized carbons (Fsp3) is 0.636. The van der Waals surface area contributed by atoms with E-state index in [1.807, 2.05) is 0 Å². The maximum absolute atomic E-state index is 13.3. The molecule has 10 heteroatoms. The number of likely N-dealkylation sites (tertiary alicyclic amines) is 1. The molecule has 0 aliphatic carbocycles. The second-order valence-electron chi connectivity index (χ2n) is 8.58. The summed E-state index contributed by atoms with van der Waals surface area (Å²) in [6.45, 7) is 6.63. The minimum Gasteiger partial charge on any atom is -0.497 e. The van der Waals surface area contributed by atoms with Gasteiger partial charge in [0.05, 0.1) is 31.1 Å². The standard InChI is InChI=1S/C22H33N3O6S/c1-16(2)20(23-32(28,29)19-8-6-18(30-3)7-9-19)22(27)25-10-4-5-17(15-25)21(26)24-11-13-31-14-12-24/h6-9,16-17,20,23H,4-5,10-15H2,1-3H3/t17?,20-/m0/s1. The summed E-state index contributed by atoms with van der Waals surface area (Å²) in [4.78, 5) is 29.7. The van der Waals surface area contributed by atoms with Crippen molar-refractivity contribution in [3.63, 3.8) is 0 Å². The molecule has 1 aromatic carbocycles. The fourth-order valence-corrected chi connectivity index (χ4v) is 5.42. The zero-order valence-electron chi connectivity index (χ0n) is 19.0. The second-order valence-corrected chi connectivity index (χ2v) is 10.3. The molecule has 9 nitrogen and oxygen atoms in total. The van der Waals surface area contributed by atoms with Crippen LogP contribution >= 0.6 is 0 Å². The molecular weight excluding hydrogens is 434 g/mol. The zero-order valence-corrected chi connectivity index (χ0v) is 19.8. The van der Waals surface area contributed by atoms with Crippen LogP contribution in [0.1, 0.15) is 26.7 Å². The number of ether oxygens (including phenoxy) is 2. The van der Waals surface area contributed by atoms with Gasteiger partial charge in [0.25, 0.3) is 0 Å². The summed E-state index contributed by atoms with van der Waals surface area (Å²) < 4.78 is 38.8. The Morgan fingerprint density at radius 2 is 1.75 bits per heavy atom. The van der Waals surface area contributed by atoms with Crippen LogP contribution in [0.3, 0.4) is 0 Å². The van der Waals surface area contributed by atoms with Gasteiger partial charge in [-0.3, -0.25) is 9.59 Å². The molecule has 2 heterocycles. The number of morpholine rings is 1. The maximum atomic E-state index is 13.3. The first-order valence-electron chi connectivity index (χ1n) is 11.0. The van der Waals surface area contributed by atoms with Gasteiger partial charge in [-0.1, -0.05) is 13.8 Å². The summed E-state index contributed by atoms with van der Waals surface area (Å²) in [5, 5.41) is 0. The number of amides is 2. The first kappa shape index (κ1) is 24.5. The number of piperidine rings is 1. The van der Waals surface area contributed by atoms with Crippen LogP contribution < -0.4 is 9.46 Å². The number of benzene rings is 1. The van der Waals surface area contributed by atoms with E-state index < -0.39 is 16.1 Å². The molecule has 2 aliphatic heterocycles. The second kappa shape index (κ2) is 10.6. The first-order chi connectivity index (χ1) is 15.2. The minimum atomic E-state index is -3.90. The molecule has 1 aromatic rings. The average Bonchev–Trinajstić information content (AvgIpc) is 2.82. The van der Waals surface area contributed by atoms with Gasteiger partial charge < -0.3 is 19.3 Å². The third-order valence-corrected chi connectivity index (χ3v) is 7.45. The Morgan fingerprint density at radius 1 is 1.09 bits per heavy atom. The molecule has 3 rings (SSSR count). The van der Waals surface area contributed by atoms with Crippen LogP contribution in [0.2, 0.25) is 0 Å². The van der Waals surface area contributed by atoms with Crippen molar-refractivity contribution < 1.29 is 27.5 Å². The highest BCUT2D eigenvalue weighted by molar-refractivity contribution is 7.89. The van der Waals surface area contributed by atoms with Crippen molar-refractivity contribution in [1.29, 1.82) is 0 Å². The molecule has 2 atom stereocenters. The van der Waals surface area contributed by atoms with Gasteiger partial charge in [-0.2, -0.15) is 4.72 Å². The van der Waals surface area contributed by atoms with Gasteiger partial charge in [0.1, 0.15) is 11.8 Å². The van der Waals surface area contributed by atoms with Crippen molar-refractivity contribution in [1.82, 2.24) is 14.5 Å². The molecule has 1 N–H and O–H groups in total. The van der Waals surface area contributed by atoms with E-state index >= 15 is 0 Å². The number of nitrogens with one attached hydrogen (secondary N) is 1. The highest BCUT2D eigenvalue weighted by Crippen LogP contribution is 2.22. The van der Waals surface area contributed by atoms with Crippen molar-refractivity contribution in [2.45, 2.75) is 37.6 Å². The lowest BCUT2D eigenvalue weighted by Gasteiger charge is -2.38. The smallest absolute Gasteiger partial charge is 0.241 e. The molecule has 178 valence electrons. The number of nitrogens with zero attached hydrogens (tertiary/aromatic N) is 2. The molecule has 0 spiro atoms. The molecule has 2 aliphatic rings. The van der Waals surface area contributed by atoms with Gasteiger partial charge in [-0.25, -0.2) is 8.42 Å². The van der Waals surface area contributed by atoms with Crippen LogP contribution in [0.25, 0.3) is 0 Å². The van der Waals surface area contributed by atoms with E-state index in [1.165, 1.54) is 19.2 Å². The van der Waals surface area contributed by atoms with Crippen molar-refractivity contribution in [3.8, 4) is 5.75 Å². The Kier molecular flexibility index (Phi) is 8.13. The number of carbonyl (C=O) groups excluding carboxylic acids is 2. The normalized spacial score (nSPS) is 20.8. The van der Waals surface area contributed by atoms with Crippen molar-refractivity contribution in [2.24, 2.45) is 11.8 Å². The third-order valence-electron chi connectivity index (χ3n) is 5.99. The van der Waals surface area contributed by atoms with Crippen molar-refractivity contribution >= 4 is 21.8 Å². The van der Waals surface area contributed by atoms with Gasteiger partial charge >= 0.3 is 0 Å². The Balaban J connectivity index is 1.70. The minimum absolute atomic E-state index is 0.0470. The molecule has 0 bridgehead atoms. The van der Waals surface area contributed by atoms with Gasteiger partial charge in [-0.15, -0.1) is 0 Å². The molecule has 0 radical (unpaired) electrons. The lowest BCUT2D eigenvalue weighted by atomic mass is 9.94. The predicted octanol–water partition coefficient (Wildman–Crippen LogP) is 1.10. The number of hydrogen-bond acceptors (Lipinski definition) is 6. The van der Waals surface area contributed by atoms with Gasteiger partial charge in [0, 0.05) is 26.2 Å². The number of carbonyl (C=O) groups is 2. The quantitative estimate of drug-likeness (QED) is 0.644. The number of methoxy groups -OCH3 is 1. The summed E-state index contributed by atoms with van der Waals surface area (Å²) in [5.74, 6) is -0.227. The Labute approximate surface area is 190 Å². The van der Waals surface area contributed by atoms with Gasteiger partial charge in [-0.05, 0) is 43.0 Å². The summed E-state index contributed by atoms with van der Waals surface area (Å²) in [6, 6.07) is 5.10. The van der Waals surface area contributed by atoms with Crippen molar-refractivity contribution in [3.05, 3.63) is 24.3 Å². The SMILES string of the molecule is COc1ccc(S(=O)(=O)N[C@H](C(=O)N2CCCC(C(=O)N3CCOCC3)C2)C(C)C)cc1. The Morgan fingerprint density at radius 3 is 2.34 bits per heavy atom. The largest absolute Gasteiger partial charge is 0.497 e. The van der Waals surface area contributed by atoms with Crippen LogP contribution in [0.15, 0.2) is 29.2 Å².